The number of hydrogen-bond donors (Lipinski definition) is 2. The Morgan fingerprint density at radius 1 is 1.07 bits per heavy atom. The summed E-state index contributed by atoms with van der Waals surface area (Å²) in [5.41, 5.74) is 9.97. The first kappa shape index (κ1) is 32.4. The van der Waals surface area contributed by atoms with Crippen molar-refractivity contribution < 1.29 is 0 Å². The van der Waals surface area contributed by atoms with Gasteiger partial charge in [0.15, 0.2) is 0 Å². The fraction of sp³-hybridized carbons (Fsp3) is 0.357. The minimum atomic E-state index is -0.680. The number of nitrogens with zero attached hydrogens (tertiary/aromatic N) is 1. The molecule has 0 radical (unpaired) electrons. The molecular weight excluding hydrogens is 546 g/mol. The second-order valence-corrected chi connectivity index (χ2v) is 13.1. The first-order valence-electron chi connectivity index (χ1n) is 16.6. The summed E-state index contributed by atoms with van der Waals surface area (Å²) in [4.78, 5) is 5.84. The number of aliphatic imine (C=N–C) groups is 1. The minimum absolute atomic E-state index is 0.311. The van der Waals surface area contributed by atoms with Crippen molar-refractivity contribution in [3.05, 3.63) is 149 Å². The highest BCUT2D eigenvalue weighted by Crippen LogP contribution is 2.61. The average molecular weight is 598 g/mol. The molecule has 5 rings (SSSR count). The van der Waals surface area contributed by atoms with Gasteiger partial charge in [-0.05, 0) is 74.7 Å². The van der Waals surface area contributed by atoms with Crippen molar-refractivity contribution in [2.45, 2.75) is 77.9 Å². The standard InChI is InChI=1S/C42H51N3/c1-9-12-14-21-30(4)31(5)34(11-3)41(7)37-27-20-19-26-36(37)40(6,28-10-2)42(45-41)35-25-18-17-24-33(35)39(44-42)29-38(43-8)32-22-15-13-16-23-32/h9-10,13-18,20-25,27,29-30,43,45H,1-2,11-12,19,26,28H2,3-8H3/b21-14-,34-31-,38-29-. The van der Waals surface area contributed by atoms with E-state index in [9.17, 15) is 0 Å². The maximum atomic E-state index is 5.84. The van der Waals surface area contributed by atoms with E-state index in [4.69, 9.17) is 4.99 Å². The van der Waals surface area contributed by atoms with E-state index in [1.165, 1.54) is 33.4 Å². The summed E-state index contributed by atoms with van der Waals surface area (Å²) in [7, 11) is 1.99. The second-order valence-electron chi connectivity index (χ2n) is 13.1. The molecule has 0 amide bonds. The van der Waals surface area contributed by atoms with Crippen molar-refractivity contribution in [1.29, 1.82) is 0 Å². The Kier molecular flexibility index (Phi) is 9.51. The molecule has 3 heteroatoms. The van der Waals surface area contributed by atoms with Gasteiger partial charge in [-0.1, -0.05) is 123 Å². The van der Waals surface area contributed by atoms with Gasteiger partial charge in [-0.2, -0.15) is 0 Å². The Bertz CT molecular complexity index is 1630. The molecule has 3 aliphatic rings. The van der Waals surface area contributed by atoms with E-state index < -0.39 is 11.2 Å². The molecule has 0 fully saturated rings. The average Bonchev–Trinajstić information content (AvgIpc) is 3.37. The molecule has 45 heavy (non-hydrogen) atoms. The zero-order valence-corrected chi connectivity index (χ0v) is 28.2. The van der Waals surface area contributed by atoms with Gasteiger partial charge in [0.05, 0.1) is 11.3 Å². The third kappa shape index (κ3) is 5.46. The largest absolute Gasteiger partial charge is 0.388 e. The number of allylic oxidation sites excluding steroid dienone is 7. The fourth-order valence-electron chi connectivity index (χ4n) is 8.12. The van der Waals surface area contributed by atoms with Crippen molar-refractivity contribution in [3.8, 4) is 0 Å². The van der Waals surface area contributed by atoms with Crippen molar-refractivity contribution in [2.24, 2.45) is 16.3 Å². The zero-order chi connectivity index (χ0) is 32.2. The van der Waals surface area contributed by atoms with Gasteiger partial charge in [0.1, 0.15) is 5.66 Å². The van der Waals surface area contributed by atoms with E-state index in [2.05, 4.69) is 149 Å². The third-order valence-electron chi connectivity index (χ3n) is 10.5. The van der Waals surface area contributed by atoms with Gasteiger partial charge in [0, 0.05) is 29.3 Å². The van der Waals surface area contributed by atoms with Crippen LogP contribution in [0.1, 0.15) is 83.4 Å². The lowest BCUT2D eigenvalue weighted by molar-refractivity contribution is 0.0947. The van der Waals surface area contributed by atoms with Gasteiger partial charge in [0.2, 0.25) is 0 Å². The van der Waals surface area contributed by atoms with Gasteiger partial charge in [0.25, 0.3) is 0 Å². The second kappa shape index (κ2) is 13.2. The third-order valence-corrected chi connectivity index (χ3v) is 10.5. The molecule has 2 heterocycles. The number of nitrogens with one attached hydrogen (secondary N) is 2. The van der Waals surface area contributed by atoms with E-state index >= 15 is 0 Å². The number of hydrogen-bond acceptors (Lipinski definition) is 3. The molecule has 1 spiro atoms. The normalized spacial score (nSPS) is 27.2. The van der Waals surface area contributed by atoms with Crippen LogP contribution in [0, 0.1) is 11.3 Å². The van der Waals surface area contributed by atoms with Gasteiger partial charge in [-0.15, -0.1) is 13.2 Å². The highest BCUT2D eigenvalue weighted by molar-refractivity contribution is 6.15. The first-order valence-corrected chi connectivity index (χ1v) is 16.6. The van der Waals surface area contributed by atoms with E-state index in [1.807, 2.05) is 13.1 Å². The summed E-state index contributed by atoms with van der Waals surface area (Å²) in [6.45, 7) is 20.0. The summed E-state index contributed by atoms with van der Waals surface area (Å²) < 4.78 is 0. The molecule has 2 aromatic carbocycles. The smallest absolute Gasteiger partial charge is 0.148 e. The van der Waals surface area contributed by atoms with Crippen LogP contribution in [-0.4, -0.2) is 18.3 Å². The van der Waals surface area contributed by atoms with Crippen LogP contribution < -0.4 is 10.6 Å². The monoisotopic (exact) mass is 597 g/mol. The molecule has 0 saturated carbocycles. The lowest BCUT2D eigenvalue weighted by Crippen LogP contribution is -2.66. The molecule has 2 N–H and O–H groups in total. The van der Waals surface area contributed by atoms with E-state index in [-0.39, 0.29) is 5.41 Å². The van der Waals surface area contributed by atoms with Crippen LogP contribution in [0.3, 0.4) is 0 Å². The Hall–Kier alpha value is -3.95. The molecule has 0 aromatic heterocycles. The molecule has 2 aromatic rings. The van der Waals surface area contributed by atoms with Crippen LogP contribution in [0.2, 0.25) is 0 Å². The Morgan fingerprint density at radius 3 is 2.49 bits per heavy atom. The molecular formula is C42H51N3. The summed E-state index contributed by atoms with van der Waals surface area (Å²) in [6.07, 6.45) is 20.3. The van der Waals surface area contributed by atoms with Crippen molar-refractivity contribution in [1.82, 2.24) is 10.6 Å². The van der Waals surface area contributed by atoms with Crippen LogP contribution in [0.4, 0.5) is 0 Å². The van der Waals surface area contributed by atoms with Crippen molar-refractivity contribution in [3.63, 3.8) is 0 Å². The molecule has 4 unspecified atom stereocenters. The van der Waals surface area contributed by atoms with Crippen LogP contribution >= 0.6 is 0 Å². The van der Waals surface area contributed by atoms with Gasteiger partial charge >= 0.3 is 0 Å². The Morgan fingerprint density at radius 2 is 1.80 bits per heavy atom. The number of rotatable bonds is 11. The SMILES string of the molecule is C=CC/C=C\C(C)/C(C)=C(/CC)C1(C)NC2(N=C(/C=C(\NC)c3ccccc3)c3ccccc32)C(C)(CC=C)C2=C1C=CCC2. The molecule has 1 aliphatic carbocycles. The topological polar surface area (TPSA) is 36.4 Å². The molecule has 0 saturated heterocycles. The van der Waals surface area contributed by atoms with E-state index in [0.29, 0.717) is 5.92 Å². The highest BCUT2D eigenvalue weighted by atomic mass is 15.2. The predicted molar refractivity (Wildman–Crippen MR) is 194 cm³/mol. The Labute approximate surface area is 272 Å². The Balaban J connectivity index is 1.81. The van der Waals surface area contributed by atoms with Gasteiger partial charge < -0.3 is 5.32 Å². The van der Waals surface area contributed by atoms with E-state index in [1.54, 1.807) is 0 Å². The summed E-state index contributed by atoms with van der Waals surface area (Å²) in [5, 5.41) is 7.81. The maximum absolute atomic E-state index is 5.84. The minimum Gasteiger partial charge on any atom is -0.388 e. The van der Waals surface area contributed by atoms with E-state index in [0.717, 1.165) is 49.1 Å². The van der Waals surface area contributed by atoms with Crippen molar-refractivity contribution in [2.75, 3.05) is 7.05 Å². The molecule has 4 atom stereocenters. The quantitative estimate of drug-likeness (QED) is 0.253. The van der Waals surface area contributed by atoms with Crippen LogP contribution in [0.5, 0.6) is 0 Å². The van der Waals surface area contributed by atoms with Gasteiger partial charge in [-0.25, -0.2) is 0 Å². The lowest BCUT2D eigenvalue weighted by atomic mass is 9.56. The van der Waals surface area contributed by atoms with Crippen molar-refractivity contribution >= 4 is 11.4 Å². The summed E-state index contributed by atoms with van der Waals surface area (Å²) in [6, 6.07) is 19.4. The maximum Gasteiger partial charge on any atom is 0.148 e. The lowest BCUT2D eigenvalue weighted by Gasteiger charge is -2.58. The summed E-state index contributed by atoms with van der Waals surface area (Å²) >= 11 is 0. The summed E-state index contributed by atoms with van der Waals surface area (Å²) in [5.74, 6) is 0.314. The molecule has 234 valence electrons. The molecule has 2 aliphatic heterocycles. The highest BCUT2D eigenvalue weighted by Gasteiger charge is 2.61. The molecule has 3 nitrogen and oxygen atoms in total. The first-order chi connectivity index (χ1) is 21.7. The zero-order valence-electron chi connectivity index (χ0n) is 28.2. The number of benzene rings is 2. The molecule has 0 bridgehead atoms. The number of fused-ring (bicyclic) bond motifs is 2. The van der Waals surface area contributed by atoms with Crippen LogP contribution in [0.15, 0.2) is 138 Å². The predicted octanol–water partition coefficient (Wildman–Crippen LogP) is 9.99. The van der Waals surface area contributed by atoms with Gasteiger partial charge in [-0.3, -0.25) is 10.3 Å². The van der Waals surface area contributed by atoms with Crippen LogP contribution in [-0.2, 0) is 5.66 Å². The van der Waals surface area contributed by atoms with Crippen LogP contribution in [0.25, 0.3) is 5.70 Å². The fourth-order valence-corrected chi connectivity index (χ4v) is 8.12.